The van der Waals surface area contributed by atoms with Gasteiger partial charge in [-0.05, 0) is 26.7 Å². The van der Waals surface area contributed by atoms with Crippen LogP contribution in [0.25, 0.3) is 0 Å². The van der Waals surface area contributed by atoms with Crippen molar-refractivity contribution in [3.8, 4) is 6.07 Å². The van der Waals surface area contributed by atoms with E-state index in [2.05, 4.69) is 16.1 Å². The van der Waals surface area contributed by atoms with Crippen molar-refractivity contribution >= 4 is 28.9 Å². The van der Waals surface area contributed by atoms with E-state index in [1.165, 1.54) is 5.06 Å². The number of nitrogens with zero attached hydrogens (tertiary/aromatic N) is 4. The molecule has 0 spiro atoms. The summed E-state index contributed by atoms with van der Waals surface area (Å²) in [6, 6.07) is 2.08. The van der Waals surface area contributed by atoms with E-state index in [9.17, 15) is 0 Å². The highest BCUT2D eigenvalue weighted by molar-refractivity contribution is 8.93. The van der Waals surface area contributed by atoms with Crippen molar-refractivity contribution in [1.29, 1.82) is 5.26 Å². The van der Waals surface area contributed by atoms with Gasteiger partial charge in [-0.1, -0.05) is 0 Å². The summed E-state index contributed by atoms with van der Waals surface area (Å²) in [5, 5.41) is 9.84. The lowest BCUT2D eigenvalue weighted by Gasteiger charge is -2.36. The highest BCUT2D eigenvalue weighted by Gasteiger charge is 2.32. The molecule has 0 fully saturated rings. The fourth-order valence-corrected chi connectivity index (χ4v) is 1.48. The fourth-order valence-electron chi connectivity index (χ4n) is 1.48. The third kappa shape index (κ3) is 4.50. The van der Waals surface area contributed by atoms with Crippen molar-refractivity contribution < 1.29 is 4.84 Å². The highest BCUT2D eigenvalue weighted by atomic mass is 79.9. The molecule has 0 aromatic heterocycles. The Bertz CT molecular complexity index is 373. The Hall–Kier alpha value is -1.33. The van der Waals surface area contributed by atoms with E-state index in [4.69, 9.17) is 21.6 Å². The number of hydroxylamine groups is 2. The van der Waals surface area contributed by atoms with Crippen LogP contribution >= 0.6 is 17.0 Å². The van der Waals surface area contributed by atoms with E-state index in [0.29, 0.717) is 13.0 Å². The van der Waals surface area contributed by atoms with E-state index in [-0.39, 0.29) is 28.9 Å². The van der Waals surface area contributed by atoms with Gasteiger partial charge in [0.15, 0.2) is 5.66 Å². The smallest absolute Gasteiger partial charge is 0.226 e. The molecule has 7 nitrogen and oxygen atoms in total. The molecule has 1 aliphatic heterocycles. The summed E-state index contributed by atoms with van der Waals surface area (Å²) in [6.45, 7) is 4.13. The summed E-state index contributed by atoms with van der Waals surface area (Å²) in [5.41, 5.74) is 10.6. The molecule has 102 valence electrons. The van der Waals surface area contributed by atoms with Gasteiger partial charge in [-0.3, -0.25) is 4.84 Å². The number of aliphatic imine (C=N–C) groups is 2. The highest BCUT2D eigenvalue weighted by Crippen LogP contribution is 2.19. The van der Waals surface area contributed by atoms with Gasteiger partial charge in [-0.25, -0.2) is 4.99 Å². The average Bonchev–Trinajstić information content (AvgIpc) is 2.19. The van der Waals surface area contributed by atoms with Crippen LogP contribution in [-0.4, -0.2) is 29.3 Å². The molecule has 0 saturated heterocycles. The maximum Gasteiger partial charge on any atom is 0.226 e. The molecule has 1 heterocycles. The van der Waals surface area contributed by atoms with Gasteiger partial charge in [0.25, 0.3) is 0 Å². The van der Waals surface area contributed by atoms with Crippen LogP contribution in [0.4, 0.5) is 0 Å². The molecule has 1 rings (SSSR count). The normalized spacial score (nSPS) is 17.3. The van der Waals surface area contributed by atoms with Crippen LogP contribution in [-0.2, 0) is 4.84 Å². The predicted molar refractivity (Wildman–Crippen MR) is 74.9 cm³/mol. The van der Waals surface area contributed by atoms with Crippen LogP contribution < -0.4 is 11.5 Å². The summed E-state index contributed by atoms with van der Waals surface area (Å²) in [5.74, 6) is 0.347. The molecule has 0 atom stereocenters. The lowest BCUT2D eigenvalue weighted by Crippen LogP contribution is -2.53. The van der Waals surface area contributed by atoms with Crippen LogP contribution in [0, 0.1) is 11.3 Å². The Morgan fingerprint density at radius 2 is 2.06 bits per heavy atom. The Kier molecular flexibility index (Phi) is 6.65. The maximum absolute atomic E-state index is 8.40. The van der Waals surface area contributed by atoms with Gasteiger partial charge in [-0.15, -0.1) is 17.0 Å². The van der Waals surface area contributed by atoms with Crippen molar-refractivity contribution in [2.24, 2.45) is 21.5 Å². The second-order valence-electron chi connectivity index (χ2n) is 4.18. The number of halogens is 1. The van der Waals surface area contributed by atoms with Gasteiger partial charge >= 0.3 is 0 Å². The third-order valence-corrected chi connectivity index (χ3v) is 2.23. The maximum atomic E-state index is 8.40. The lowest BCUT2D eigenvalue weighted by molar-refractivity contribution is -0.157. The SMILES string of the molecule is Br.CC1(C)N=C(N)N=C(N)N1OCCCCC#N. The molecule has 0 bridgehead atoms. The first-order valence-corrected chi connectivity index (χ1v) is 5.47. The van der Waals surface area contributed by atoms with E-state index in [0.717, 1.165) is 12.8 Å². The summed E-state index contributed by atoms with van der Waals surface area (Å²) in [6.07, 6.45) is 2.11. The minimum atomic E-state index is -0.662. The molecule has 18 heavy (non-hydrogen) atoms. The standard InChI is InChI=1S/C10H18N6O.BrH/c1-10(2)15-8(12)14-9(13)16(10)17-7-5-3-4-6-11;/h3-5,7H2,1-2H3,(H4,12,13,14,15);1H. The number of nitriles is 1. The molecule has 0 radical (unpaired) electrons. The first kappa shape index (κ1) is 16.7. The topological polar surface area (TPSA) is 113 Å². The number of guanidine groups is 2. The molecular weight excluding hydrogens is 300 g/mol. The number of hydrogen-bond donors (Lipinski definition) is 2. The summed E-state index contributed by atoms with van der Waals surface area (Å²) < 4.78 is 0. The molecule has 8 heteroatoms. The van der Waals surface area contributed by atoms with Crippen LogP contribution in [0.2, 0.25) is 0 Å². The minimum absolute atomic E-state index is 0. The van der Waals surface area contributed by atoms with Crippen molar-refractivity contribution in [2.45, 2.75) is 38.8 Å². The number of unbranched alkanes of at least 4 members (excludes halogenated alkanes) is 2. The van der Waals surface area contributed by atoms with Crippen molar-refractivity contribution in [3.05, 3.63) is 0 Å². The third-order valence-electron chi connectivity index (χ3n) is 2.23. The number of nitrogens with two attached hydrogens (primary N) is 2. The molecule has 0 aromatic rings. The first-order valence-electron chi connectivity index (χ1n) is 5.47. The monoisotopic (exact) mass is 318 g/mol. The van der Waals surface area contributed by atoms with E-state index in [1.54, 1.807) is 0 Å². The summed E-state index contributed by atoms with van der Waals surface area (Å²) >= 11 is 0. The van der Waals surface area contributed by atoms with Gasteiger partial charge in [-0.2, -0.15) is 15.3 Å². The molecule has 0 aromatic carbocycles. The Balaban J connectivity index is 0.00000289. The van der Waals surface area contributed by atoms with E-state index in [1.807, 2.05) is 13.8 Å². The number of hydrogen-bond acceptors (Lipinski definition) is 7. The van der Waals surface area contributed by atoms with Gasteiger partial charge in [0, 0.05) is 6.42 Å². The average molecular weight is 319 g/mol. The summed E-state index contributed by atoms with van der Waals surface area (Å²) in [4.78, 5) is 13.5. The van der Waals surface area contributed by atoms with Crippen LogP contribution in [0.15, 0.2) is 9.98 Å². The lowest BCUT2D eigenvalue weighted by atomic mass is 10.2. The van der Waals surface area contributed by atoms with Crippen molar-refractivity contribution in [2.75, 3.05) is 6.61 Å². The van der Waals surface area contributed by atoms with E-state index < -0.39 is 5.66 Å². The predicted octanol–water partition coefficient (Wildman–Crippen LogP) is 0.871. The Labute approximate surface area is 117 Å². The zero-order valence-electron chi connectivity index (χ0n) is 10.6. The van der Waals surface area contributed by atoms with Crippen LogP contribution in [0.5, 0.6) is 0 Å². The van der Waals surface area contributed by atoms with Crippen LogP contribution in [0.1, 0.15) is 33.1 Å². The zero-order valence-corrected chi connectivity index (χ0v) is 12.3. The largest absolute Gasteiger partial charge is 0.368 e. The van der Waals surface area contributed by atoms with Gasteiger partial charge in [0.05, 0.1) is 12.7 Å². The second-order valence-corrected chi connectivity index (χ2v) is 4.18. The van der Waals surface area contributed by atoms with Gasteiger partial charge < -0.3 is 11.5 Å². The fraction of sp³-hybridized carbons (Fsp3) is 0.700. The molecular formula is C10H19BrN6O. The van der Waals surface area contributed by atoms with Gasteiger partial charge in [0.1, 0.15) is 0 Å². The number of rotatable bonds is 5. The van der Waals surface area contributed by atoms with E-state index >= 15 is 0 Å². The molecule has 1 aliphatic rings. The second kappa shape index (κ2) is 7.18. The van der Waals surface area contributed by atoms with Crippen molar-refractivity contribution in [3.63, 3.8) is 0 Å². The van der Waals surface area contributed by atoms with Crippen molar-refractivity contribution in [1.82, 2.24) is 5.06 Å². The first-order chi connectivity index (χ1) is 7.97. The quantitative estimate of drug-likeness (QED) is 0.730. The molecule has 0 saturated carbocycles. The van der Waals surface area contributed by atoms with Gasteiger partial charge in [0.2, 0.25) is 11.9 Å². The van der Waals surface area contributed by atoms with Crippen LogP contribution in [0.3, 0.4) is 0 Å². The zero-order chi connectivity index (χ0) is 12.9. The molecule has 0 aliphatic carbocycles. The Morgan fingerprint density at radius 1 is 1.39 bits per heavy atom. The minimum Gasteiger partial charge on any atom is -0.368 e. The molecule has 4 N–H and O–H groups in total. The molecule has 0 unspecified atom stereocenters. The Morgan fingerprint density at radius 3 is 2.61 bits per heavy atom. The molecule has 0 amide bonds. The summed E-state index contributed by atoms with van der Waals surface area (Å²) in [7, 11) is 0.